The summed E-state index contributed by atoms with van der Waals surface area (Å²) in [7, 11) is 0. The van der Waals surface area contributed by atoms with E-state index in [2.05, 4.69) is 36.1 Å². The quantitative estimate of drug-likeness (QED) is 0.868. The number of nitrogens with two attached hydrogens (primary N) is 1. The van der Waals surface area contributed by atoms with E-state index in [9.17, 15) is 0 Å². The fourth-order valence-electron chi connectivity index (χ4n) is 2.79. The molecule has 1 unspecified atom stereocenters. The van der Waals surface area contributed by atoms with Gasteiger partial charge in [-0.3, -0.25) is 0 Å². The molecule has 0 aliphatic carbocycles. The highest BCUT2D eigenvalue weighted by atomic mass is 15.2. The minimum absolute atomic E-state index is 0.663. The molecule has 0 saturated carbocycles. The minimum atomic E-state index is 0.663. The Balaban J connectivity index is 2.24. The highest BCUT2D eigenvalue weighted by molar-refractivity contribution is 5.54. The van der Waals surface area contributed by atoms with Crippen molar-refractivity contribution in [2.45, 2.75) is 45.1 Å². The summed E-state index contributed by atoms with van der Waals surface area (Å²) in [6.07, 6.45) is 6.37. The minimum Gasteiger partial charge on any atom is -0.369 e. The molecule has 1 heterocycles. The predicted octanol–water partition coefficient (Wildman–Crippen LogP) is 2.96. The van der Waals surface area contributed by atoms with Gasteiger partial charge in [0.05, 0.1) is 0 Å². The van der Waals surface area contributed by atoms with Crippen molar-refractivity contribution in [3.63, 3.8) is 0 Å². The average Bonchev–Trinajstić information content (AvgIpc) is 2.55. The lowest BCUT2D eigenvalue weighted by atomic mass is 10.1. The molecule has 0 spiro atoms. The second-order valence-electron chi connectivity index (χ2n) is 5.06. The molecule has 2 N–H and O–H groups in total. The standard InChI is InChI=1S/C15H24N2/c1-13-7-3-2-6-12-17(13)15-9-5-4-8-14(15)10-11-16/h4-5,8-9,13H,2-3,6-7,10-12,16H2,1H3. The summed E-state index contributed by atoms with van der Waals surface area (Å²) in [4.78, 5) is 2.58. The first-order valence-electron chi connectivity index (χ1n) is 6.87. The highest BCUT2D eigenvalue weighted by Crippen LogP contribution is 2.27. The first kappa shape index (κ1) is 12.4. The molecule has 2 nitrogen and oxygen atoms in total. The van der Waals surface area contributed by atoms with E-state index in [0.717, 1.165) is 13.0 Å². The SMILES string of the molecule is CC1CCCCCN1c1ccccc1CCN. The summed E-state index contributed by atoms with van der Waals surface area (Å²) >= 11 is 0. The van der Waals surface area contributed by atoms with E-state index in [1.54, 1.807) is 0 Å². The normalized spacial score (nSPS) is 21.3. The van der Waals surface area contributed by atoms with Gasteiger partial charge in [-0.15, -0.1) is 0 Å². The number of hydrogen-bond donors (Lipinski definition) is 1. The lowest BCUT2D eigenvalue weighted by Crippen LogP contribution is -2.33. The zero-order valence-electron chi connectivity index (χ0n) is 10.9. The van der Waals surface area contributed by atoms with Gasteiger partial charge in [-0.1, -0.05) is 31.0 Å². The molecular weight excluding hydrogens is 208 g/mol. The van der Waals surface area contributed by atoms with E-state index in [0.29, 0.717) is 6.04 Å². The van der Waals surface area contributed by atoms with E-state index in [4.69, 9.17) is 5.73 Å². The van der Waals surface area contributed by atoms with Gasteiger partial charge in [0.25, 0.3) is 0 Å². The molecule has 0 amide bonds. The van der Waals surface area contributed by atoms with Crippen LogP contribution in [0, 0.1) is 0 Å². The van der Waals surface area contributed by atoms with E-state index >= 15 is 0 Å². The second kappa shape index (κ2) is 6.06. The second-order valence-corrected chi connectivity index (χ2v) is 5.06. The molecule has 0 bridgehead atoms. The Morgan fingerprint density at radius 2 is 2.06 bits per heavy atom. The van der Waals surface area contributed by atoms with Crippen LogP contribution in [0.25, 0.3) is 0 Å². The Bertz CT molecular complexity index is 349. The van der Waals surface area contributed by atoms with Crippen molar-refractivity contribution in [2.75, 3.05) is 18.0 Å². The molecule has 1 fully saturated rings. The molecule has 1 aliphatic rings. The van der Waals surface area contributed by atoms with Gasteiger partial charge in [0.15, 0.2) is 0 Å². The molecule has 1 saturated heterocycles. The maximum absolute atomic E-state index is 5.71. The van der Waals surface area contributed by atoms with Gasteiger partial charge in [0.2, 0.25) is 0 Å². The average molecular weight is 232 g/mol. The first-order valence-corrected chi connectivity index (χ1v) is 6.87. The van der Waals surface area contributed by atoms with Gasteiger partial charge < -0.3 is 10.6 Å². The number of rotatable bonds is 3. The maximum Gasteiger partial charge on any atom is 0.0401 e. The lowest BCUT2D eigenvalue weighted by molar-refractivity contribution is 0.614. The van der Waals surface area contributed by atoms with Crippen molar-refractivity contribution >= 4 is 5.69 Å². The van der Waals surface area contributed by atoms with E-state index in [1.165, 1.54) is 43.5 Å². The predicted molar refractivity (Wildman–Crippen MR) is 74.5 cm³/mol. The van der Waals surface area contributed by atoms with Gasteiger partial charge in [-0.25, -0.2) is 0 Å². The van der Waals surface area contributed by atoms with Gasteiger partial charge in [0.1, 0.15) is 0 Å². The summed E-state index contributed by atoms with van der Waals surface area (Å²) in [6, 6.07) is 9.41. The van der Waals surface area contributed by atoms with Crippen molar-refractivity contribution < 1.29 is 0 Å². The maximum atomic E-state index is 5.71. The lowest BCUT2D eigenvalue weighted by Gasteiger charge is -2.31. The van der Waals surface area contributed by atoms with Crippen LogP contribution in [-0.4, -0.2) is 19.1 Å². The van der Waals surface area contributed by atoms with Crippen LogP contribution >= 0.6 is 0 Å². The number of hydrogen-bond acceptors (Lipinski definition) is 2. The van der Waals surface area contributed by atoms with Crippen molar-refractivity contribution in [1.82, 2.24) is 0 Å². The van der Waals surface area contributed by atoms with Crippen molar-refractivity contribution in [3.05, 3.63) is 29.8 Å². The molecule has 17 heavy (non-hydrogen) atoms. The highest BCUT2D eigenvalue weighted by Gasteiger charge is 2.18. The van der Waals surface area contributed by atoms with Gasteiger partial charge in [0, 0.05) is 18.3 Å². The van der Waals surface area contributed by atoms with Crippen molar-refractivity contribution in [1.29, 1.82) is 0 Å². The van der Waals surface area contributed by atoms with Crippen molar-refractivity contribution in [3.8, 4) is 0 Å². The zero-order chi connectivity index (χ0) is 12.1. The summed E-state index contributed by atoms with van der Waals surface area (Å²) in [5.74, 6) is 0. The van der Waals surface area contributed by atoms with Crippen LogP contribution in [0.4, 0.5) is 5.69 Å². The number of anilines is 1. The first-order chi connectivity index (χ1) is 8.33. The molecule has 1 aromatic rings. The van der Waals surface area contributed by atoms with Gasteiger partial charge >= 0.3 is 0 Å². The Morgan fingerprint density at radius 3 is 2.88 bits per heavy atom. The fourth-order valence-corrected chi connectivity index (χ4v) is 2.79. The monoisotopic (exact) mass is 232 g/mol. The van der Waals surface area contributed by atoms with Crippen LogP contribution in [-0.2, 0) is 6.42 Å². The largest absolute Gasteiger partial charge is 0.369 e. The third-order valence-corrected chi connectivity index (χ3v) is 3.77. The molecule has 2 rings (SSSR count). The Morgan fingerprint density at radius 1 is 1.24 bits per heavy atom. The molecule has 1 atom stereocenters. The molecule has 1 aromatic carbocycles. The smallest absolute Gasteiger partial charge is 0.0401 e. The molecule has 2 heteroatoms. The summed E-state index contributed by atoms with van der Waals surface area (Å²) in [5.41, 5.74) is 8.52. The van der Waals surface area contributed by atoms with Crippen LogP contribution < -0.4 is 10.6 Å². The molecule has 1 aliphatic heterocycles. The number of benzene rings is 1. The molecule has 0 aromatic heterocycles. The van der Waals surface area contributed by atoms with Crippen LogP contribution in [0.3, 0.4) is 0 Å². The summed E-state index contributed by atoms with van der Waals surface area (Å²) in [6.45, 7) is 4.28. The van der Waals surface area contributed by atoms with Crippen LogP contribution in [0.5, 0.6) is 0 Å². The van der Waals surface area contributed by atoms with Gasteiger partial charge in [-0.05, 0) is 44.4 Å². The van der Waals surface area contributed by atoms with Crippen molar-refractivity contribution in [2.24, 2.45) is 5.73 Å². The summed E-state index contributed by atoms with van der Waals surface area (Å²) in [5, 5.41) is 0. The van der Waals surface area contributed by atoms with E-state index < -0.39 is 0 Å². The Kier molecular flexibility index (Phi) is 4.43. The molecule has 94 valence electrons. The zero-order valence-corrected chi connectivity index (χ0v) is 10.9. The van der Waals surface area contributed by atoms with Crippen LogP contribution in [0.2, 0.25) is 0 Å². The fraction of sp³-hybridized carbons (Fsp3) is 0.600. The van der Waals surface area contributed by atoms with E-state index in [-0.39, 0.29) is 0 Å². The summed E-state index contributed by atoms with van der Waals surface area (Å²) < 4.78 is 0. The topological polar surface area (TPSA) is 29.3 Å². The Labute approximate surface area is 105 Å². The Hall–Kier alpha value is -1.02. The number of nitrogens with zero attached hydrogens (tertiary/aromatic N) is 1. The third kappa shape index (κ3) is 3.01. The molecule has 0 radical (unpaired) electrons. The van der Waals surface area contributed by atoms with Gasteiger partial charge in [-0.2, -0.15) is 0 Å². The van der Waals surface area contributed by atoms with E-state index in [1.807, 2.05) is 0 Å². The van der Waals surface area contributed by atoms with Crippen LogP contribution in [0.1, 0.15) is 38.2 Å². The number of para-hydroxylation sites is 1. The third-order valence-electron chi connectivity index (χ3n) is 3.77. The molecular formula is C15H24N2. The van der Waals surface area contributed by atoms with Crippen LogP contribution in [0.15, 0.2) is 24.3 Å².